The maximum Gasteiger partial charge on any atom is 0.366 e. The van der Waals surface area contributed by atoms with Crippen molar-refractivity contribution in [3.05, 3.63) is 5.73 Å². The van der Waals surface area contributed by atoms with Crippen LogP contribution in [0.25, 0.3) is 5.73 Å². The molecule has 0 amide bonds. The van der Waals surface area contributed by atoms with Crippen molar-refractivity contribution in [1.29, 1.82) is 0 Å². The average Bonchev–Trinajstić information content (AvgIpc) is 3.24. The summed E-state index contributed by atoms with van der Waals surface area (Å²) in [4.78, 5) is 11.8. The fraction of sp³-hybridized carbons (Fsp3) is 0.909. The van der Waals surface area contributed by atoms with Crippen molar-refractivity contribution in [2.45, 2.75) is 42.7 Å². The predicted octanol–water partition coefficient (Wildman–Crippen LogP) is -1.17. The summed E-state index contributed by atoms with van der Waals surface area (Å²) in [6.45, 7) is 0.363. The van der Waals surface area contributed by atoms with Gasteiger partial charge in [-0.25, -0.2) is 4.79 Å². The zero-order valence-electron chi connectivity index (χ0n) is 11.3. The first-order valence-corrected chi connectivity index (χ1v) is 5.95. The molecule has 0 bridgehead atoms. The van der Waals surface area contributed by atoms with Crippen LogP contribution >= 0.6 is 0 Å². The molecule has 0 aromatic heterocycles. The fourth-order valence-electron chi connectivity index (χ4n) is 2.21. The molecule has 0 saturated carbocycles. The van der Waals surface area contributed by atoms with Gasteiger partial charge in [0.25, 0.3) is 5.79 Å². The van der Waals surface area contributed by atoms with E-state index in [0.717, 1.165) is 0 Å². The van der Waals surface area contributed by atoms with E-state index in [1.54, 1.807) is 0 Å². The molecule has 2 saturated heterocycles. The van der Waals surface area contributed by atoms with Crippen LogP contribution in [0.15, 0.2) is 0 Å². The Kier molecular flexibility index (Phi) is 6.82. The number of rotatable bonds is 4. The van der Waals surface area contributed by atoms with E-state index in [9.17, 15) is 15.0 Å². The summed E-state index contributed by atoms with van der Waals surface area (Å²) in [5.41, 5.74) is 7.84. The number of esters is 1. The minimum Gasteiger partial charge on any atom is -0.670 e. The first kappa shape index (κ1) is 18.7. The number of aliphatic hydroxyl groups is 2. The number of methoxy groups -OCH3 is 2. The van der Waals surface area contributed by atoms with Crippen LogP contribution in [0.4, 0.5) is 0 Å². The van der Waals surface area contributed by atoms with Gasteiger partial charge in [-0.2, -0.15) is 0 Å². The number of hydrogen-bond acceptors (Lipinski definition) is 7. The van der Waals surface area contributed by atoms with E-state index in [2.05, 4.69) is 4.74 Å². The molecule has 0 spiro atoms. The Morgan fingerprint density at radius 2 is 2.10 bits per heavy atom. The molecule has 1 radical (unpaired) electrons. The second-order valence-electron chi connectivity index (χ2n) is 4.69. The van der Waals surface area contributed by atoms with E-state index >= 15 is 0 Å². The minimum atomic E-state index is -1.80. The number of aliphatic hydroxyl groups excluding tert-OH is 2. The SMILES string of the molecule is COC(=O)C1(OC)CC(O)C([NH-])C(C(O)C2CO2)O1.[Ac]. The van der Waals surface area contributed by atoms with Gasteiger partial charge < -0.3 is 34.9 Å². The third kappa shape index (κ3) is 3.52. The van der Waals surface area contributed by atoms with Crippen molar-refractivity contribution in [1.82, 2.24) is 0 Å². The first-order valence-electron chi connectivity index (χ1n) is 5.95. The van der Waals surface area contributed by atoms with Gasteiger partial charge in [-0.3, -0.25) is 0 Å². The Morgan fingerprint density at radius 1 is 1.50 bits per heavy atom. The van der Waals surface area contributed by atoms with E-state index in [0.29, 0.717) is 6.61 Å². The van der Waals surface area contributed by atoms with Crippen LogP contribution in [0.2, 0.25) is 0 Å². The van der Waals surface area contributed by atoms with Gasteiger partial charge in [0.2, 0.25) is 0 Å². The topological polar surface area (TPSA) is 122 Å². The Labute approximate surface area is 152 Å². The Hall–Kier alpha value is 0.672. The number of epoxide rings is 1. The van der Waals surface area contributed by atoms with Crippen LogP contribution in [0.1, 0.15) is 6.42 Å². The van der Waals surface area contributed by atoms with Crippen molar-refractivity contribution in [2.24, 2.45) is 0 Å². The molecule has 6 atom stereocenters. The average molecular weight is 503 g/mol. The molecule has 0 aromatic rings. The fourth-order valence-corrected chi connectivity index (χ4v) is 2.21. The van der Waals surface area contributed by atoms with Crippen molar-refractivity contribution in [3.8, 4) is 0 Å². The molecule has 2 aliphatic rings. The summed E-state index contributed by atoms with van der Waals surface area (Å²) < 4.78 is 20.0. The van der Waals surface area contributed by atoms with E-state index in [1.807, 2.05) is 0 Å². The summed E-state index contributed by atoms with van der Waals surface area (Å²) >= 11 is 0. The van der Waals surface area contributed by atoms with Gasteiger partial charge in [-0.15, -0.1) is 0 Å². The molecule has 2 heterocycles. The number of carbonyl (C=O) groups is 1. The normalized spacial score (nSPS) is 41.5. The summed E-state index contributed by atoms with van der Waals surface area (Å²) in [6, 6.07) is -1.09. The molecule has 2 aliphatic heterocycles. The smallest absolute Gasteiger partial charge is 0.366 e. The Morgan fingerprint density at radius 3 is 2.55 bits per heavy atom. The second kappa shape index (κ2) is 7.29. The second-order valence-corrected chi connectivity index (χ2v) is 4.69. The van der Waals surface area contributed by atoms with Crippen molar-refractivity contribution in [3.63, 3.8) is 0 Å². The van der Waals surface area contributed by atoms with Gasteiger partial charge in [0.15, 0.2) is 0 Å². The van der Waals surface area contributed by atoms with Crippen LogP contribution in [0.5, 0.6) is 0 Å². The van der Waals surface area contributed by atoms with Crippen molar-refractivity contribution in [2.75, 3.05) is 20.8 Å². The number of carbonyl (C=O) groups excluding carboxylic acids is 1. The van der Waals surface area contributed by atoms with Crippen LogP contribution in [0.3, 0.4) is 0 Å². The zero-order valence-corrected chi connectivity index (χ0v) is 16.1. The number of nitrogens with one attached hydrogen (secondary N) is 1. The minimum absolute atomic E-state index is 0. The van der Waals surface area contributed by atoms with Gasteiger partial charge in [0, 0.05) is 63.7 Å². The third-order valence-corrected chi connectivity index (χ3v) is 3.48. The van der Waals surface area contributed by atoms with Crippen LogP contribution < -0.4 is 0 Å². The molecule has 3 N–H and O–H groups in total. The number of ether oxygens (including phenoxy) is 4. The largest absolute Gasteiger partial charge is 0.670 e. The van der Waals surface area contributed by atoms with Gasteiger partial charge in [0.05, 0.1) is 19.8 Å². The van der Waals surface area contributed by atoms with Crippen molar-refractivity contribution < 1.29 is 78.0 Å². The van der Waals surface area contributed by atoms with E-state index in [-0.39, 0.29) is 50.5 Å². The summed E-state index contributed by atoms with van der Waals surface area (Å²) in [7, 11) is 2.41. The summed E-state index contributed by atoms with van der Waals surface area (Å²) in [5.74, 6) is -2.61. The summed E-state index contributed by atoms with van der Waals surface area (Å²) in [6.07, 6.45) is -4.02. The Bertz CT molecular complexity index is 350. The quantitative estimate of drug-likeness (QED) is 0.367. The molecule has 2 rings (SSSR count). The molecule has 0 aliphatic carbocycles. The van der Waals surface area contributed by atoms with Crippen LogP contribution in [-0.4, -0.2) is 73.3 Å². The molecular formula is C11H18AcNO7-. The molecule has 9 heteroatoms. The standard InChI is InChI=1S/C11H18NO7.Ac/c1-16-10(15)11(17-2)3-5(13)7(12)9(19-11)8(14)6-4-18-6;/h5-9,12-14H,3-4H2,1-2H3;/q-1;. The third-order valence-electron chi connectivity index (χ3n) is 3.48. The molecule has 20 heavy (non-hydrogen) atoms. The van der Waals surface area contributed by atoms with Crippen LogP contribution in [0, 0.1) is 44.1 Å². The maximum atomic E-state index is 11.8. The first-order chi connectivity index (χ1) is 8.95. The summed E-state index contributed by atoms with van der Waals surface area (Å²) in [5, 5.41) is 19.9. The molecule has 2 fully saturated rings. The van der Waals surface area contributed by atoms with Crippen molar-refractivity contribution >= 4 is 5.97 Å². The molecule has 113 valence electrons. The van der Waals surface area contributed by atoms with Gasteiger partial charge >= 0.3 is 5.97 Å². The van der Waals surface area contributed by atoms with Gasteiger partial charge in [-0.05, 0) is 0 Å². The molecule has 0 aromatic carbocycles. The zero-order chi connectivity index (χ0) is 14.2. The number of hydrogen-bond donors (Lipinski definition) is 2. The Balaban J connectivity index is 0.00000200. The van der Waals surface area contributed by atoms with Gasteiger partial charge in [0.1, 0.15) is 12.2 Å². The van der Waals surface area contributed by atoms with E-state index < -0.39 is 42.2 Å². The van der Waals surface area contributed by atoms with E-state index in [4.69, 9.17) is 19.9 Å². The maximum absolute atomic E-state index is 11.8. The molecule has 6 unspecified atom stereocenters. The van der Waals surface area contributed by atoms with Gasteiger partial charge in [-0.1, -0.05) is 6.04 Å². The molecule has 8 nitrogen and oxygen atoms in total. The van der Waals surface area contributed by atoms with E-state index in [1.165, 1.54) is 14.2 Å². The monoisotopic (exact) mass is 503 g/mol. The predicted molar refractivity (Wildman–Crippen MR) is 61.1 cm³/mol. The molecular weight excluding hydrogens is 485 g/mol. The van der Waals surface area contributed by atoms with Crippen LogP contribution in [-0.2, 0) is 23.7 Å².